The summed E-state index contributed by atoms with van der Waals surface area (Å²) < 4.78 is 0.902. The molecule has 0 saturated carbocycles. The van der Waals surface area contributed by atoms with Gasteiger partial charge in [0.25, 0.3) is 5.69 Å². The SMILES string of the molecule is Nc1cc2c(cc1[N+](=O)[O-])C(N)N(c1cccc(Br)c1)C=N2. The Labute approximate surface area is 134 Å². The minimum absolute atomic E-state index is 0.0732. The number of nitrogen functional groups attached to an aromatic ring is 1. The molecule has 0 aromatic heterocycles. The number of hydrogen-bond donors (Lipinski definition) is 2. The summed E-state index contributed by atoms with van der Waals surface area (Å²) in [5.41, 5.74) is 13.8. The monoisotopic (exact) mass is 361 g/mol. The van der Waals surface area contributed by atoms with Gasteiger partial charge in [0.1, 0.15) is 11.9 Å². The Morgan fingerprint density at radius 1 is 1.32 bits per heavy atom. The molecule has 3 rings (SSSR count). The highest BCUT2D eigenvalue weighted by atomic mass is 79.9. The third kappa shape index (κ3) is 2.42. The Hall–Kier alpha value is -2.45. The summed E-state index contributed by atoms with van der Waals surface area (Å²) in [6.45, 7) is 0. The molecule has 7 nitrogen and oxygen atoms in total. The van der Waals surface area contributed by atoms with E-state index in [0.717, 1.165) is 10.2 Å². The summed E-state index contributed by atoms with van der Waals surface area (Å²) in [5, 5.41) is 11.0. The maximum absolute atomic E-state index is 11.0. The Balaban J connectivity index is 2.07. The van der Waals surface area contributed by atoms with Crippen LogP contribution in [0.5, 0.6) is 0 Å². The largest absolute Gasteiger partial charge is 0.393 e. The summed E-state index contributed by atoms with van der Waals surface area (Å²) in [4.78, 5) is 16.6. The second-order valence-electron chi connectivity index (χ2n) is 4.80. The van der Waals surface area contributed by atoms with Crippen LogP contribution >= 0.6 is 15.9 Å². The van der Waals surface area contributed by atoms with E-state index in [1.54, 1.807) is 11.2 Å². The van der Waals surface area contributed by atoms with E-state index in [1.165, 1.54) is 12.1 Å². The fourth-order valence-electron chi connectivity index (χ4n) is 2.33. The van der Waals surface area contributed by atoms with Gasteiger partial charge in [-0.1, -0.05) is 22.0 Å². The van der Waals surface area contributed by atoms with Gasteiger partial charge in [0.15, 0.2) is 0 Å². The first-order valence-electron chi connectivity index (χ1n) is 6.39. The number of halogens is 1. The van der Waals surface area contributed by atoms with Crippen molar-refractivity contribution in [2.75, 3.05) is 10.6 Å². The van der Waals surface area contributed by atoms with Crippen LogP contribution in [0.1, 0.15) is 11.7 Å². The summed E-state index contributed by atoms with van der Waals surface area (Å²) >= 11 is 3.40. The lowest BCUT2D eigenvalue weighted by atomic mass is 10.1. The van der Waals surface area contributed by atoms with Crippen LogP contribution in [0.25, 0.3) is 0 Å². The van der Waals surface area contributed by atoms with Gasteiger partial charge in [-0.2, -0.15) is 0 Å². The average molecular weight is 362 g/mol. The first kappa shape index (κ1) is 14.5. The van der Waals surface area contributed by atoms with Gasteiger partial charge in [-0.25, -0.2) is 4.99 Å². The zero-order valence-corrected chi connectivity index (χ0v) is 12.9. The van der Waals surface area contributed by atoms with E-state index in [4.69, 9.17) is 11.5 Å². The number of anilines is 2. The van der Waals surface area contributed by atoms with Gasteiger partial charge in [0.05, 0.1) is 16.9 Å². The van der Waals surface area contributed by atoms with Crippen molar-refractivity contribution in [2.24, 2.45) is 10.7 Å². The molecule has 0 spiro atoms. The second kappa shape index (κ2) is 5.39. The molecule has 4 N–H and O–H groups in total. The maximum atomic E-state index is 11.0. The summed E-state index contributed by atoms with van der Waals surface area (Å²) in [7, 11) is 0. The van der Waals surface area contributed by atoms with Gasteiger partial charge in [0.2, 0.25) is 0 Å². The van der Waals surface area contributed by atoms with E-state index in [2.05, 4.69) is 20.9 Å². The van der Waals surface area contributed by atoms with E-state index < -0.39 is 11.1 Å². The molecule has 22 heavy (non-hydrogen) atoms. The maximum Gasteiger partial charge on any atom is 0.292 e. The van der Waals surface area contributed by atoms with E-state index in [9.17, 15) is 10.1 Å². The highest BCUT2D eigenvalue weighted by Crippen LogP contribution is 2.38. The predicted molar refractivity (Wildman–Crippen MR) is 89.2 cm³/mol. The van der Waals surface area contributed by atoms with Crippen LogP contribution in [-0.2, 0) is 0 Å². The van der Waals surface area contributed by atoms with Gasteiger partial charge in [-0.15, -0.1) is 0 Å². The number of aliphatic imine (C=N–C) groups is 1. The molecular weight excluding hydrogens is 350 g/mol. The van der Waals surface area contributed by atoms with Crippen molar-refractivity contribution in [3.63, 3.8) is 0 Å². The van der Waals surface area contributed by atoms with Crippen molar-refractivity contribution in [3.05, 3.63) is 56.5 Å². The van der Waals surface area contributed by atoms with Gasteiger partial charge >= 0.3 is 0 Å². The Bertz CT molecular complexity index is 793. The zero-order valence-electron chi connectivity index (χ0n) is 11.3. The average Bonchev–Trinajstić information content (AvgIpc) is 2.46. The molecule has 1 heterocycles. The first-order chi connectivity index (χ1) is 10.5. The van der Waals surface area contributed by atoms with E-state index in [-0.39, 0.29) is 11.4 Å². The highest BCUT2D eigenvalue weighted by molar-refractivity contribution is 9.10. The van der Waals surface area contributed by atoms with Crippen molar-refractivity contribution in [2.45, 2.75) is 6.17 Å². The number of nitrogens with zero attached hydrogens (tertiary/aromatic N) is 3. The van der Waals surface area contributed by atoms with Crippen LogP contribution in [0.2, 0.25) is 0 Å². The molecule has 0 amide bonds. The summed E-state index contributed by atoms with van der Waals surface area (Å²) in [6, 6.07) is 10.4. The summed E-state index contributed by atoms with van der Waals surface area (Å²) in [6.07, 6.45) is 1.01. The lowest BCUT2D eigenvalue weighted by Gasteiger charge is -2.31. The number of fused-ring (bicyclic) bond motifs is 1. The molecule has 0 aliphatic carbocycles. The molecule has 1 atom stereocenters. The molecule has 0 bridgehead atoms. The Morgan fingerprint density at radius 3 is 2.77 bits per heavy atom. The summed E-state index contributed by atoms with van der Waals surface area (Å²) in [5.74, 6) is 0. The van der Waals surface area contributed by atoms with Gasteiger partial charge < -0.3 is 16.4 Å². The molecule has 1 aliphatic heterocycles. The van der Waals surface area contributed by atoms with Crippen LogP contribution in [-0.4, -0.2) is 11.3 Å². The van der Waals surface area contributed by atoms with Crippen molar-refractivity contribution in [1.82, 2.24) is 0 Å². The van der Waals surface area contributed by atoms with E-state index in [0.29, 0.717) is 11.3 Å². The van der Waals surface area contributed by atoms with Crippen molar-refractivity contribution >= 4 is 45.0 Å². The fourth-order valence-corrected chi connectivity index (χ4v) is 2.71. The topological polar surface area (TPSA) is 111 Å². The van der Waals surface area contributed by atoms with Gasteiger partial charge in [-0.3, -0.25) is 10.1 Å². The Morgan fingerprint density at radius 2 is 2.09 bits per heavy atom. The van der Waals surface area contributed by atoms with Crippen molar-refractivity contribution in [1.29, 1.82) is 0 Å². The molecule has 0 radical (unpaired) electrons. The molecule has 112 valence electrons. The van der Waals surface area contributed by atoms with E-state index >= 15 is 0 Å². The molecule has 2 aromatic rings. The van der Waals surface area contributed by atoms with Crippen LogP contribution in [0.15, 0.2) is 45.9 Å². The lowest BCUT2D eigenvalue weighted by molar-refractivity contribution is -0.384. The van der Waals surface area contributed by atoms with Gasteiger partial charge in [0, 0.05) is 21.8 Å². The first-order valence-corrected chi connectivity index (χ1v) is 7.18. The molecule has 1 aliphatic rings. The van der Waals surface area contributed by atoms with Crippen molar-refractivity contribution < 1.29 is 4.92 Å². The van der Waals surface area contributed by atoms with Crippen LogP contribution in [0, 0.1) is 10.1 Å². The number of rotatable bonds is 2. The smallest absolute Gasteiger partial charge is 0.292 e. The van der Waals surface area contributed by atoms with E-state index in [1.807, 2.05) is 24.3 Å². The molecular formula is C14H12BrN5O2. The van der Waals surface area contributed by atoms with Gasteiger partial charge in [-0.05, 0) is 24.3 Å². The second-order valence-corrected chi connectivity index (χ2v) is 5.72. The Kier molecular flexibility index (Phi) is 3.55. The van der Waals surface area contributed by atoms with Crippen molar-refractivity contribution in [3.8, 4) is 0 Å². The van der Waals surface area contributed by atoms with Crippen LogP contribution in [0.3, 0.4) is 0 Å². The highest BCUT2D eigenvalue weighted by Gasteiger charge is 2.26. The molecule has 0 saturated heterocycles. The quantitative estimate of drug-likeness (QED) is 0.485. The fraction of sp³-hybridized carbons (Fsp3) is 0.0714. The lowest BCUT2D eigenvalue weighted by Crippen LogP contribution is -2.35. The zero-order chi connectivity index (χ0) is 15.9. The number of nitro groups is 1. The molecule has 0 fully saturated rings. The van der Waals surface area contributed by atoms with Crippen LogP contribution < -0.4 is 16.4 Å². The predicted octanol–water partition coefficient (Wildman–Crippen LogP) is 3.08. The minimum atomic E-state index is -0.582. The third-order valence-electron chi connectivity index (χ3n) is 3.42. The number of hydrogen-bond acceptors (Lipinski definition) is 6. The normalized spacial score (nSPS) is 16.5. The molecule has 2 aromatic carbocycles. The number of nitrogens with two attached hydrogens (primary N) is 2. The third-order valence-corrected chi connectivity index (χ3v) is 3.91. The minimum Gasteiger partial charge on any atom is -0.393 e. The standard InChI is InChI=1S/C14H12BrN5O2/c15-8-2-1-3-9(4-8)19-7-18-12-6-11(16)13(20(21)22)5-10(12)14(19)17/h1-7,14H,16-17H2. The molecule has 1 unspecified atom stereocenters. The molecule has 8 heteroatoms. The van der Waals surface area contributed by atoms with Crippen LogP contribution in [0.4, 0.5) is 22.7 Å². The number of nitro benzene ring substituents is 1. The number of benzene rings is 2.